The van der Waals surface area contributed by atoms with E-state index in [1.54, 1.807) is 31.2 Å². The number of nitrogens with zero attached hydrogens (tertiary/aromatic N) is 2. The van der Waals surface area contributed by atoms with Gasteiger partial charge in [0.05, 0.1) is 5.92 Å². The minimum atomic E-state index is -0.802. The van der Waals surface area contributed by atoms with Crippen molar-refractivity contribution < 1.29 is 24.0 Å². The predicted octanol–water partition coefficient (Wildman–Crippen LogP) is 1.94. The third-order valence-electron chi connectivity index (χ3n) is 4.15. The lowest BCUT2D eigenvalue weighted by Crippen LogP contribution is -2.33. The predicted molar refractivity (Wildman–Crippen MR) is 86.0 cm³/mol. The molecule has 1 fully saturated rings. The van der Waals surface area contributed by atoms with E-state index in [4.69, 9.17) is 14.4 Å². The maximum Gasteiger partial charge on any atom is 0.306 e. The Morgan fingerprint density at radius 3 is 2.92 bits per heavy atom. The summed E-state index contributed by atoms with van der Waals surface area (Å²) in [6.07, 6.45) is 1.73. The Labute approximate surface area is 144 Å². The highest BCUT2D eigenvalue weighted by Gasteiger charge is 2.30. The molecular weight excluding hydrogens is 326 g/mol. The molecule has 1 aromatic heterocycles. The Balaban J connectivity index is 1.57. The second-order valence-electron chi connectivity index (χ2n) is 6.06. The Bertz CT molecular complexity index is 773. The highest BCUT2D eigenvalue weighted by Crippen LogP contribution is 2.26. The van der Waals surface area contributed by atoms with Gasteiger partial charge in [0.1, 0.15) is 5.75 Å². The maximum atomic E-state index is 12.4. The molecule has 0 aliphatic heterocycles. The molecule has 0 unspecified atom stereocenters. The Morgan fingerprint density at radius 1 is 1.40 bits per heavy atom. The second kappa shape index (κ2) is 7.33. The van der Waals surface area contributed by atoms with Crippen LogP contribution in [0.25, 0.3) is 0 Å². The van der Waals surface area contributed by atoms with Crippen LogP contribution >= 0.6 is 0 Å². The monoisotopic (exact) mass is 345 g/mol. The zero-order chi connectivity index (χ0) is 17.8. The van der Waals surface area contributed by atoms with Crippen LogP contribution in [0.1, 0.15) is 41.3 Å². The molecule has 0 spiro atoms. The van der Waals surface area contributed by atoms with Crippen LogP contribution in [-0.2, 0) is 11.4 Å². The summed E-state index contributed by atoms with van der Waals surface area (Å²) in [6.45, 7) is 1.84. The summed E-state index contributed by atoms with van der Waals surface area (Å²) in [5, 5.41) is 15.7. The highest BCUT2D eigenvalue weighted by atomic mass is 16.5. The van der Waals surface area contributed by atoms with Gasteiger partial charge in [0.25, 0.3) is 5.91 Å². The fourth-order valence-corrected chi connectivity index (χ4v) is 2.88. The zero-order valence-electron chi connectivity index (χ0n) is 13.8. The summed E-state index contributed by atoms with van der Waals surface area (Å²) in [6, 6.07) is 6.66. The number of ether oxygens (including phenoxy) is 1. The number of carboxylic acid groups (broad SMARTS) is 1. The van der Waals surface area contributed by atoms with E-state index in [9.17, 15) is 9.59 Å². The molecule has 0 saturated heterocycles. The summed E-state index contributed by atoms with van der Waals surface area (Å²) in [7, 11) is 0. The van der Waals surface area contributed by atoms with Crippen molar-refractivity contribution in [2.24, 2.45) is 5.92 Å². The third kappa shape index (κ3) is 4.34. The van der Waals surface area contributed by atoms with E-state index >= 15 is 0 Å². The van der Waals surface area contributed by atoms with Crippen LogP contribution in [0.5, 0.6) is 5.75 Å². The molecule has 2 aromatic rings. The largest absolute Gasteiger partial charge is 0.485 e. The van der Waals surface area contributed by atoms with Crippen molar-refractivity contribution in [3.63, 3.8) is 0 Å². The first-order valence-corrected chi connectivity index (χ1v) is 8.07. The lowest BCUT2D eigenvalue weighted by Gasteiger charge is -2.13. The van der Waals surface area contributed by atoms with Gasteiger partial charge < -0.3 is 19.7 Å². The molecule has 3 rings (SSSR count). The quantitative estimate of drug-likeness (QED) is 0.822. The molecule has 8 heteroatoms. The zero-order valence-corrected chi connectivity index (χ0v) is 13.8. The van der Waals surface area contributed by atoms with Crippen molar-refractivity contribution in [2.45, 2.75) is 38.8 Å². The van der Waals surface area contributed by atoms with Gasteiger partial charge in [-0.3, -0.25) is 9.59 Å². The van der Waals surface area contributed by atoms with Gasteiger partial charge in [0.15, 0.2) is 6.61 Å². The van der Waals surface area contributed by atoms with Gasteiger partial charge in [-0.2, -0.15) is 4.98 Å². The van der Waals surface area contributed by atoms with Crippen LogP contribution in [0.4, 0.5) is 0 Å². The van der Waals surface area contributed by atoms with Crippen LogP contribution in [0, 0.1) is 12.8 Å². The molecule has 8 nitrogen and oxygen atoms in total. The molecule has 1 aromatic carbocycles. The second-order valence-corrected chi connectivity index (χ2v) is 6.06. The topological polar surface area (TPSA) is 115 Å². The number of aliphatic carboxylic acids is 1. The third-order valence-corrected chi connectivity index (χ3v) is 4.15. The van der Waals surface area contributed by atoms with Crippen LogP contribution in [0.3, 0.4) is 0 Å². The summed E-state index contributed by atoms with van der Waals surface area (Å²) in [5.74, 6) is -0.00922. The number of nitrogens with one attached hydrogen (secondary N) is 1. The van der Waals surface area contributed by atoms with Crippen LogP contribution in [0.15, 0.2) is 28.8 Å². The number of carboxylic acids is 1. The number of carbonyl (C=O) groups excluding carboxylic acids is 1. The maximum absolute atomic E-state index is 12.4. The molecule has 25 heavy (non-hydrogen) atoms. The molecule has 1 amide bonds. The van der Waals surface area contributed by atoms with Crippen molar-refractivity contribution in [1.29, 1.82) is 0 Å². The van der Waals surface area contributed by atoms with Gasteiger partial charge >= 0.3 is 5.97 Å². The van der Waals surface area contributed by atoms with Crippen molar-refractivity contribution in [2.75, 3.05) is 0 Å². The summed E-state index contributed by atoms with van der Waals surface area (Å²) >= 11 is 0. The molecular formula is C17H19N3O5. The number of amides is 1. The molecule has 1 heterocycles. The molecule has 0 bridgehead atoms. The normalized spacial score (nSPS) is 19.6. The van der Waals surface area contributed by atoms with Gasteiger partial charge in [-0.1, -0.05) is 11.2 Å². The van der Waals surface area contributed by atoms with E-state index in [2.05, 4.69) is 15.5 Å². The molecule has 1 aliphatic rings. The number of benzene rings is 1. The Kier molecular flexibility index (Phi) is 4.97. The first-order valence-electron chi connectivity index (χ1n) is 8.07. The van der Waals surface area contributed by atoms with E-state index in [0.29, 0.717) is 42.3 Å². The van der Waals surface area contributed by atoms with Crippen molar-refractivity contribution in [1.82, 2.24) is 15.5 Å². The number of carbonyl (C=O) groups is 2. The first-order chi connectivity index (χ1) is 12.0. The molecule has 0 radical (unpaired) electrons. The van der Waals surface area contributed by atoms with E-state index in [1.807, 2.05) is 0 Å². The van der Waals surface area contributed by atoms with Crippen molar-refractivity contribution in [3.8, 4) is 5.75 Å². The highest BCUT2D eigenvalue weighted by molar-refractivity contribution is 5.94. The number of hydrogen-bond donors (Lipinski definition) is 2. The van der Waals surface area contributed by atoms with Crippen LogP contribution in [0.2, 0.25) is 0 Å². The van der Waals surface area contributed by atoms with E-state index in [1.165, 1.54) is 0 Å². The average molecular weight is 345 g/mol. The number of aromatic nitrogens is 2. The van der Waals surface area contributed by atoms with E-state index in [-0.39, 0.29) is 24.5 Å². The van der Waals surface area contributed by atoms with Gasteiger partial charge in [-0.25, -0.2) is 0 Å². The lowest BCUT2D eigenvalue weighted by molar-refractivity contribution is -0.141. The molecule has 132 valence electrons. The van der Waals surface area contributed by atoms with Crippen molar-refractivity contribution in [3.05, 3.63) is 41.5 Å². The number of aryl methyl sites for hydroxylation is 1. The summed E-state index contributed by atoms with van der Waals surface area (Å²) < 4.78 is 10.4. The van der Waals surface area contributed by atoms with Gasteiger partial charge in [0, 0.05) is 18.5 Å². The molecule has 2 N–H and O–H groups in total. The lowest BCUT2D eigenvalue weighted by atomic mass is 10.1. The van der Waals surface area contributed by atoms with E-state index < -0.39 is 5.97 Å². The minimum Gasteiger partial charge on any atom is -0.485 e. The smallest absolute Gasteiger partial charge is 0.306 e. The summed E-state index contributed by atoms with van der Waals surface area (Å²) in [5.41, 5.74) is 0.459. The Morgan fingerprint density at radius 2 is 2.24 bits per heavy atom. The standard InChI is InChI=1S/C17H19N3O5/c1-10-18-15(20-25-10)9-24-14-4-2-3-11(8-14)16(21)19-13-6-5-12(7-13)17(22)23/h2-4,8,12-13H,5-7,9H2,1H3,(H,19,21)(H,22,23)/t12-,13+/m1/s1. The summed E-state index contributed by atoms with van der Waals surface area (Å²) in [4.78, 5) is 27.4. The molecule has 1 aliphatic carbocycles. The SMILES string of the molecule is Cc1nc(COc2cccc(C(=O)N[C@H]3CC[C@@H](C(=O)O)C3)c2)no1. The first kappa shape index (κ1) is 16.9. The minimum absolute atomic E-state index is 0.111. The number of hydrogen-bond acceptors (Lipinski definition) is 6. The average Bonchev–Trinajstić information content (AvgIpc) is 3.22. The Hall–Kier alpha value is -2.90. The van der Waals surface area contributed by atoms with Gasteiger partial charge in [0.2, 0.25) is 11.7 Å². The van der Waals surface area contributed by atoms with Crippen molar-refractivity contribution >= 4 is 11.9 Å². The fourth-order valence-electron chi connectivity index (χ4n) is 2.88. The van der Waals surface area contributed by atoms with Gasteiger partial charge in [-0.05, 0) is 37.5 Å². The van der Waals surface area contributed by atoms with E-state index in [0.717, 1.165) is 0 Å². The molecule has 1 saturated carbocycles. The van der Waals surface area contributed by atoms with Crippen LogP contribution in [-0.4, -0.2) is 33.2 Å². The number of rotatable bonds is 6. The van der Waals surface area contributed by atoms with Gasteiger partial charge in [-0.15, -0.1) is 0 Å². The fraction of sp³-hybridized carbons (Fsp3) is 0.412. The van der Waals surface area contributed by atoms with Crippen LogP contribution < -0.4 is 10.1 Å². The molecule has 2 atom stereocenters.